The first-order chi connectivity index (χ1) is 14.9. The topological polar surface area (TPSA) is 140 Å². The first-order valence-corrected chi connectivity index (χ1v) is 9.93. The van der Waals surface area contributed by atoms with Crippen LogP contribution in [0, 0.1) is 0 Å². The Balaban J connectivity index is 2.05. The van der Waals surface area contributed by atoms with Crippen LogP contribution in [0.25, 0.3) is 38.9 Å². The van der Waals surface area contributed by atoms with Crippen LogP contribution in [0.4, 0.5) is 5.82 Å². The number of para-hydroxylation sites is 1. The van der Waals surface area contributed by atoms with Gasteiger partial charge in [0.2, 0.25) is 0 Å². The van der Waals surface area contributed by atoms with Gasteiger partial charge in [-0.2, -0.15) is 4.98 Å². The molecule has 0 unspecified atom stereocenters. The Kier molecular flexibility index (Phi) is 4.29. The molecule has 0 fully saturated rings. The van der Waals surface area contributed by atoms with Crippen LogP contribution in [0.5, 0.6) is 0 Å². The van der Waals surface area contributed by atoms with E-state index in [0.717, 1.165) is 4.47 Å². The number of halogens is 1. The molecule has 152 valence electrons. The van der Waals surface area contributed by atoms with Gasteiger partial charge in [-0.1, -0.05) is 46.3 Å². The van der Waals surface area contributed by atoms with E-state index in [1.165, 1.54) is 4.57 Å². The lowest BCUT2D eigenvalue weighted by atomic mass is 9.99. The molecule has 0 atom stereocenters. The third kappa shape index (κ3) is 3.04. The molecule has 0 radical (unpaired) electrons. The summed E-state index contributed by atoms with van der Waals surface area (Å²) in [5.41, 5.74) is 6.15. The highest BCUT2D eigenvalue weighted by Gasteiger charge is 2.21. The molecule has 0 saturated carbocycles. The Morgan fingerprint density at radius 3 is 2.29 bits per heavy atom. The molecular weight excluding hydrogens is 464 g/mol. The number of aromatic amines is 2. The summed E-state index contributed by atoms with van der Waals surface area (Å²) in [7, 11) is 0. The van der Waals surface area contributed by atoms with Gasteiger partial charge in [0.15, 0.2) is 5.65 Å². The average Bonchev–Trinajstić information content (AvgIpc) is 2.73. The van der Waals surface area contributed by atoms with Gasteiger partial charge in [0.1, 0.15) is 11.5 Å². The largest absolute Gasteiger partial charge is 0.384 e. The zero-order chi connectivity index (χ0) is 21.7. The molecule has 5 aromatic rings. The fraction of sp³-hybridized carbons (Fsp3) is 0. The average molecular weight is 477 g/mol. The summed E-state index contributed by atoms with van der Waals surface area (Å²) < 4.78 is 2.10. The lowest BCUT2D eigenvalue weighted by molar-refractivity contribution is 0.943. The maximum absolute atomic E-state index is 12.8. The van der Waals surface area contributed by atoms with Crippen LogP contribution >= 0.6 is 15.9 Å². The molecule has 10 heteroatoms. The number of nitrogens with zero attached hydrogens (tertiary/aromatic N) is 3. The molecule has 0 aliphatic carbocycles. The van der Waals surface area contributed by atoms with Crippen LogP contribution < -0.4 is 22.7 Å². The molecule has 2 aromatic carbocycles. The number of benzene rings is 2. The molecule has 0 bridgehead atoms. The molecule has 31 heavy (non-hydrogen) atoms. The maximum Gasteiger partial charge on any atom is 0.355 e. The van der Waals surface area contributed by atoms with Gasteiger partial charge in [0.05, 0.1) is 16.5 Å². The zero-order valence-corrected chi connectivity index (χ0v) is 17.3. The number of hydrogen-bond acceptors (Lipinski definition) is 6. The predicted molar refractivity (Wildman–Crippen MR) is 121 cm³/mol. The molecule has 5 rings (SSSR count). The fourth-order valence-corrected chi connectivity index (χ4v) is 3.86. The van der Waals surface area contributed by atoms with Crippen molar-refractivity contribution in [3.63, 3.8) is 0 Å². The normalized spacial score (nSPS) is 11.3. The molecule has 0 spiro atoms. The number of aromatic nitrogens is 5. The minimum Gasteiger partial charge on any atom is -0.384 e. The predicted octanol–water partition coefficient (Wildman–Crippen LogP) is 2.32. The molecule has 9 nitrogen and oxygen atoms in total. The van der Waals surface area contributed by atoms with Crippen molar-refractivity contribution in [1.29, 1.82) is 0 Å². The second-order valence-electron chi connectivity index (χ2n) is 6.77. The van der Waals surface area contributed by atoms with Gasteiger partial charge < -0.3 is 5.73 Å². The van der Waals surface area contributed by atoms with E-state index in [1.807, 2.05) is 18.2 Å². The number of nitrogens with one attached hydrogen (secondary N) is 2. The first kappa shape index (κ1) is 18.9. The van der Waals surface area contributed by atoms with Gasteiger partial charge in [-0.05, 0) is 29.8 Å². The third-order valence-corrected chi connectivity index (χ3v) is 5.43. The summed E-state index contributed by atoms with van der Waals surface area (Å²) in [5, 5.41) is 0.469. The highest BCUT2D eigenvalue weighted by molar-refractivity contribution is 9.10. The number of nitrogen functional groups attached to an aromatic ring is 1. The van der Waals surface area contributed by atoms with Crippen molar-refractivity contribution in [2.24, 2.45) is 0 Å². The van der Waals surface area contributed by atoms with Crippen LogP contribution in [-0.2, 0) is 0 Å². The van der Waals surface area contributed by atoms with E-state index in [9.17, 15) is 14.4 Å². The Hall–Kier alpha value is -4.05. The molecule has 0 amide bonds. The van der Waals surface area contributed by atoms with Crippen molar-refractivity contribution < 1.29 is 0 Å². The number of rotatable bonds is 2. The minimum absolute atomic E-state index is 0.0166. The monoisotopic (exact) mass is 476 g/mol. The van der Waals surface area contributed by atoms with Crippen molar-refractivity contribution in [3.8, 4) is 16.8 Å². The summed E-state index contributed by atoms with van der Waals surface area (Å²) in [4.78, 5) is 50.5. The quantitative estimate of drug-likeness (QED) is 0.334. The number of hydrogen-bond donors (Lipinski definition) is 3. The van der Waals surface area contributed by atoms with Crippen molar-refractivity contribution in [2.75, 3.05) is 5.73 Å². The zero-order valence-electron chi connectivity index (χ0n) is 15.7. The van der Waals surface area contributed by atoms with E-state index in [2.05, 4.69) is 35.9 Å². The van der Waals surface area contributed by atoms with Crippen molar-refractivity contribution in [3.05, 3.63) is 90.4 Å². The number of nitrogens with two attached hydrogens (primary N) is 1. The van der Waals surface area contributed by atoms with E-state index in [0.29, 0.717) is 22.2 Å². The Bertz CT molecular complexity index is 1650. The van der Waals surface area contributed by atoms with Crippen molar-refractivity contribution >= 4 is 43.8 Å². The number of H-pyrrole nitrogens is 2. The van der Waals surface area contributed by atoms with Gasteiger partial charge in [0.25, 0.3) is 5.56 Å². The minimum atomic E-state index is -0.711. The van der Waals surface area contributed by atoms with Crippen molar-refractivity contribution in [2.45, 2.75) is 0 Å². The number of fused-ring (bicyclic) bond motifs is 2. The Morgan fingerprint density at radius 2 is 1.58 bits per heavy atom. The van der Waals surface area contributed by atoms with Gasteiger partial charge in [0, 0.05) is 10.0 Å². The van der Waals surface area contributed by atoms with E-state index in [1.54, 1.807) is 36.4 Å². The molecule has 0 aliphatic heterocycles. The molecule has 4 N–H and O–H groups in total. The summed E-state index contributed by atoms with van der Waals surface area (Å²) in [6, 6.07) is 16.0. The second kappa shape index (κ2) is 7.03. The highest BCUT2D eigenvalue weighted by atomic mass is 79.9. The van der Waals surface area contributed by atoms with Crippen LogP contribution in [0.1, 0.15) is 0 Å². The molecule has 3 heterocycles. The Morgan fingerprint density at radius 1 is 0.871 bits per heavy atom. The van der Waals surface area contributed by atoms with Gasteiger partial charge in [-0.15, -0.1) is 0 Å². The van der Waals surface area contributed by atoms with Gasteiger partial charge in [-0.3, -0.25) is 14.8 Å². The van der Waals surface area contributed by atoms with E-state index < -0.39 is 16.9 Å². The molecule has 3 aromatic heterocycles. The summed E-state index contributed by atoms with van der Waals surface area (Å²) >= 11 is 3.40. The summed E-state index contributed by atoms with van der Waals surface area (Å²) in [5.74, 6) is 0.0825. The highest BCUT2D eigenvalue weighted by Crippen LogP contribution is 2.35. The first-order valence-electron chi connectivity index (χ1n) is 9.14. The second-order valence-corrected chi connectivity index (χ2v) is 7.69. The van der Waals surface area contributed by atoms with Crippen LogP contribution in [0.2, 0.25) is 0 Å². The van der Waals surface area contributed by atoms with Crippen LogP contribution in [0.15, 0.2) is 73.5 Å². The molecule has 0 aliphatic rings. The maximum atomic E-state index is 12.8. The van der Waals surface area contributed by atoms with Crippen molar-refractivity contribution in [1.82, 2.24) is 24.5 Å². The smallest absolute Gasteiger partial charge is 0.355 e. The third-order valence-electron chi connectivity index (χ3n) is 4.90. The fourth-order valence-electron chi connectivity index (χ4n) is 3.60. The number of anilines is 1. The Labute approximate surface area is 181 Å². The number of pyridine rings is 1. The van der Waals surface area contributed by atoms with Crippen LogP contribution in [-0.4, -0.2) is 24.5 Å². The summed E-state index contributed by atoms with van der Waals surface area (Å²) in [6.07, 6.45) is 0. The van der Waals surface area contributed by atoms with Gasteiger partial charge >= 0.3 is 11.4 Å². The molecule has 0 saturated heterocycles. The summed E-state index contributed by atoms with van der Waals surface area (Å²) in [6.45, 7) is 0. The van der Waals surface area contributed by atoms with Crippen LogP contribution in [0.3, 0.4) is 0 Å². The van der Waals surface area contributed by atoms with Gasteiger partial charge in [-0.25, -0.2) is 19.1 Å². The standard InChI is InChI=1S/C21H13BrN6O3/c22-11-8-6-10(7-9-11)13-14-16(23)28(12-4-2-1-3-5-12)21(31)26-17(14)24-18-15(13)19(29)27-20(30)25-18/h1-9H,23H2,(H2,24,25,26,27,29,30,31). The van der Waals surface area contributed by atoms with E-state index in [4.69, 9.17) is 5.73 Å². The van der Waals surface area contributed by atoms with E-state index >= 15 is 0 Å². The molecular formula is C21H13BrN6O3. The SMILES string of the molecule is Nc1c2c(-c3ccc(Br)cc3)c3c(=O)[nH]c(=O)[nH]c3nc2nc(=O)n1-c1ccccc1. The van der Waals surface area contributed by atoms with E-state index in [-0.39, 0.29) is 22.5 Å². The lowest BCUT2D eigenvalue weighted by Crippen LogP contribution is -2.26. The lowest BCUT2D eigenvalue weighted by Gasteiger charge is -2.15.